The molecule has 0 heterocycles. The second-order valence-electron chi connectivity index (χ2n) is 5.93. The minimum Gasteiger partial charge on any atom is -0.496 e. The van der Waals surface area contributed by atoms with E-state index in [0.29, 0.717) is 11.3 Å². The van der Waals surface area contributed by atoms with Crippen molar-refractivity contribution in [3.8, 4) is 5.75 Å². The van der Waals surface area contributed by atoms with Crippen LogP contribution in [0.15, 0.2) is 18.2 Å². The number of amides is 1. The van der Waals surface area contributed by atoms with Crippen LogP contribution in [0.5, 0.6) is 5.75 Å². The molecule has 5 heteroatoms. The number of carbonyl (C=O) groups is 2. The second-order valence-corrected chi connectivity index (χ2v) is 5.93. The van der Waals surface area contributed by atoms with Crippen LogP contribution >= 0.6 is 0 Å². The molecule has 0 fully saturated rings. The lowest BCUT2D eigenvalue weighted by Gasteiger charge is -2.22. The minimum absolute atomic E-state index is 0.367. The number of nitrogens with one attached hydrogen (secondary N) is 1. The molecule has 1 rings (SSSR count). The van der Waals surface area contributed by atoms with Crippen LogP contribution in [0.25, 0.3) is 0 Å². The van der Waals surface area contributed by atoms with E-state index >= 15 is 0 Å². The molecule has 21 heavy (non-hydrogen) atoms. The van der Waals surface area contributed by atoms with Crippen molar-refractivity contribution in [1.29, 1.82) is 0 Å². The van der Waals surface area contributed by atoms with E-state index in [9.17, 15) is 9.59 Å². The van der Waals surface area contributed by atoms with Gasteiger partial charge in [0.2, 0.25) is 0 Å². The van der Waals surface area contributed by atoms with Gasteiger partial charge in [-0.2, -0.15) is 0 Å². The van der Waals surface area contributed by atoms with E-state index in [1.54, 1.807) is 39.8 Å². The Morgan fingerprint density at radius 1 is 1.24 bits per heavy atom. The zero-order valence-corrected chi connectivity index (χ0v) is 13.4. The van der Waals surface area contributed by atoms with Gasteiger partial charge in [-0.1, -0.05) is 11.6 Å². The van der Waals surface area contributed by atoms with E-state index in [-0.39, 0.29) is 5.91 Å². The fourth-order valence-corrected chi connectivity index (χ4v) is 1.72. The van der Waals surface area contributed by atoms with E-state index in [0.717, 1.165) is 5.56 Å². The van der Waals surface area contributed by atoms with Crippen molar-refractivity contribution < 1.29 is 19.1 Å². The zero-order valence-electron chi connectivity index (χ0n) is 13.4. The number of hydrogen-bond donors (Lipinski definition) is 1. The Bertz CT molecular complexity index is 532. The quantitative estimate of drug-likeness (QED) is 0.866. The number of rotatable bonds is 4. The molecule has 0 unspecified atom stereocenters. The Morgan fingerprint density at radius 3 is 2.38 bits per heavy atom. The summed E-state index contributed by atoms with van der Waals surface area (Å²) in [5.74, 6) is -0.370. The van der Waals surface area contributed by atoms with E-state index in [4.69, 9.17) is 9.47 Å². The molecular formula is C16H23NO4. The molecule has 0 aromatic heterocycles. The molecule has 0 saturated heterocycles. The first kappa shape index (κ1) is 17.0. The van der Waals surface area contributed by atoms with Crippen molar-refractivity contribution in [2.75, 3.05) is 7.11 Å². The number of aryl methyl sites for hydroxylation is 1. The van der Waals surface area contributed by atoms with Crippen molar-refractivity contribution in [2.45, 2.75) is 46.3 Å². The summed E-state index contributed by atoms with van der Waals surface area (Å²) in [6, 6.07) is 4.56. The lowest BCUT2D eigenvalue weighted by Crippen LogP contribution is -2.42. The molecule has 1 atom stereocenters. The van der Waals surface area contributed by atoms with Crippen molar-refractivity contribution in [2.24, 2.45) is 0 Å². The van der Waals surface area contributed by atoms with Crippen molar-refractivity contribution in [3.63, 3.8) is 0 Å². The van der Waals surface area contributed by atoms with Gasteiger partial charge in [0.1, 0.15) is 17.4 Å². The Labute approximate surface area is 125 Å². The van der Waals surface area contributed by atoms with Gasteiger partial charge in [0, 0.05) is 0 Å². The molecule has 0 spiro atoms. The highest BCUT2D eigenvalue weighted by Gasteiger charge is 2.24. The maximum absolute atomic E-state index is 12.3. The highest BCUT2D eigenvalue weighted by Crippen LogP contribution is 2.19. The fraction of sp³-hybridized carbons (Fsp3) is 0.500. The molecule has 1 aromatic carbocycles. The Morgan fingerprint density at radius 2 is 1.86 bits per heavy atom. The topological polar surface area (TPSA) is 64.6 Å². The lowest BCUT2D eigenvalue weighted by molar-refractivity contribution is -0.156. The van der Waals surface area contributed by atoms with Crippen LogP contribution in [0.4, 0.5) is 0 Å². The Hall–Kier alpha value is -2.04. The number of methoxy groups -OCH3 is 1. The van der Waals surface area contributed by atoms with Crippen LogP contribution in [0.3, 0.4) is 0 Å². The Balaban J connectivity index is 2.81. The first-order valence-corrected chi connectivity index (χ1v) is 6.82. The third kappa shape index (κ3) is 5.10. The zero-order chi connectivity index (χ0) is 16.2. The van der Waals surface area contributed by atoms with Gasteiger partial charge < -0.3 is 14.8 Å². The summed E-state index contributed by atoms with van der Waals surface area (Å²) < 4.78 is 10.4. The average Bonchev–Trinajstić information content (AvgIpc) is 2.36. The molecule has 0 radical (unpaired) electrons. The highest BCUT2D eigenvalue weighted by molar-refractivity contribution is 5.99. The van der Waals surface area contributed by atoms with Gasteiger partial charge >= 0.3 is 5.97 Å². The summed E-state index contributed by atoms with van der Waals surface area (Å²) in [6.45, 7) is 8.82. The number of esters is 1. The third-order valence-corrected chi connectivity index (χ3v) is 2.71. The smallest absolute Gasteiger partial charge is 0.328 e. The molecule has 116 valence electrons. The maximum Gasteiger partial charge on any atom is 0.328 e. The van der Waals surface area contributed by atoms with Gasteiger partial charge in [-0.05, 0) is 46.8 Å². The fourth-order valence-electron chi connectivity index (χ4n) is 1.72. The molecule has 1 aromatic rings. The van der Waals surface area contributed by atoms with Crippen molar-refractivity contribution >= 4 is 11.9 Å². The summed E-state index contributed by atoms with van der Waals surface area (Å²) in [4.78, 5) is 24.1. The molecule has 5 nitrogen and oxygen atoms in total. The van der Waals surface area contributed by atoms with E-state index in [1.165, 1.54) is 7.11 Å². The van der Waals surface area contributed by atoms with E-state index in [1.807, 2.05) is 13.0 Å². The van der Waals surface area contributed by atoms with E-state index in [2.05, 4.69) is 5.32 Å². The van der Waals surface area contributed by atoms with Gasteiger partial charge in [0.15, 0.2) is 0 Å². The molecule has 1 amide bonds. The van der Waals surface area contributed by atoms with Gasteiger partial charge in [-0.25, -0.2) is 4.79 Å². The molecule has 0 bridgehead atoms. The molecule has 0 aliphatic rings. The highest BCUT2D eigenvalue weighted by atomic mass is 16.6. The predicted octanol–water partition coefficient (Wildman–Crippen LogP) is 2.46. The SMILES string of the molecule is COc1ccc(C)cc1C(=O)N[C@@H](C)C(=O)OC(C)(C)C. The molecule has 0 aliphatic carbocycles. The summed E-state index contributed by atoms with van der Waals surface area (Å²) in [5, 5.41) is 2.63. The van der Waals surface area contributed by atoms with Crippen LogP contribution in [-0.4, -0.2) is 30.6 Å². The average molecular weight is 293 g/mol. The minimum atomic E-state index is -0.734. The number of ether oxygens (including phenoxy) is 2. The van der Waals surface area contributed by atoms with Crippen molar-refractivity contribution in [1.82, 2.24) is 5.32 Å². The third-order valence-electron chi connectivity index (χ3n) is 2.71. The number of hydrogen-bond acceptors (Lipinski definition) is 4. The van der Waals surface area contributed by atoms with Crippen molar-refractivity contribution in [3.05, 3.63) is 29.3 Å². The summed E-state index contributed by atoms with van der Waals surface area (Å²) in [7, 11) is 1.50. The number of benzene rings is 1. The first-order valence-electron chi connectivity index (χ1n) is 6.82. The van der Waals surface area contributed by atoms with Crippen LogP contribution in [-0.2, 0) is 9.53 Å². The maximum atomic E-state index is 12.3. The monoisotopic (exact) mass is 293 g/mol. The molecule has 1 N–H and O–H groups in total. The van der Waals surface area contributed by atoms with Crippen LogP contribution in [0.1, 0.15) is 43.6 Å². The number of carbonyl (C=O) groups excluding carboxylic acids is 2. The second kappa shape index (κ2) is 6.61. The van der Waals surface area contributed by atoms with Gasteiger partial charge in [-0.15, -0.1) is 0 Å². The predicted molar refractivity (Wildman–Crippen MR) is 80.5 cm³/mol. The molecule has 0 saturated carbocycles. The summed E-state index contributed by atoms with van der Waals surface area (Å²) >= 11 is 0. The molecular weight excluding hydrogens is 270 g/mol. The Kier molecular flexibility index (Phi) is 5.35. The van der Waals surface area contributed by atoms with Crippen LogP contribution < -0.4 is 10.1 Å². The molecule has 0 aliphatic heterocycles. The van der Waals surface area contributed by atoms with Crippen LogP contribution in [0, 0.1) is 6.92 Å². The first-order chi connectivity index (χ1) is 9.64. The normalized spacial score (nSPS) is 12.5. The van der Waals surface area contributed by atoms with Gasteiger partial charge in [0.05, 0.1) is 12.7 Å². The summed E-state index contributed by atoms with van der Waals surface area (Å²) in [5.41, 5.74) is 0.746. The summed E-state index contributed by atoms with van der Waals surface area (Å²) in [6.07, 6.45) is 0. The lowest BCUT2D eigenvalue weighted by atomic mass is 10.1. The standard InChI is InChI=1S/C16H23NO4/c1-10-7-8-13(20-6)12(9-10)14(18)17-11(2)15(19)21-16(3,4)5/h7-9,11H,1-6H3,(H,17,18)/t11-/m0/s1. The largest absolute Gasteiger partial charge is 0.496 e. The van der Waals surface area contributed by atoms with Crippen LogP contribution in [0.2, 0.25) is 0 Å². The van der Waals surface area contributed by atoms with E-state index < -0.39 is 17.6 Å². The van der Waals surface area contributed by atoms with Gasteiger partial charge in [0.25, 0.3) is 5.91 Å². The van der Waals surface area contributed by atoms with Gasteiger partial charge in [-0.3, -0.25) is 4.79 Å².